The van der Waals surface area contributed by atoms with Crippen molar-refractivity contribution in [3.05, 3.63) is 101 Å². The molecule has 0 unspecified atom stereocenters. The van der Waals surface area contributed by atoms with E-state index in [0.717, 1.165) is 5.56 Å². The molecule has 0 saturated heterocycles. The van der Waals surface area contributed by atoms with Gasteiger partial charge in [0.25, 0.3) is 5.91 Å². The molecule has 2 heterocycles. The second-order valence-electron chi connectivity index (χ2n) is 6.85. The van der Waals surface area contributed by atoms with E-state index in [2.05, 4.69) is 41.6 Å². The van der Waals surface area contributed by atoms with Crippen LogP contribution in [0.1, 0.15) is 27.4 Å². The van der Waals surface area contributed by atoms with Gasteiger partial charge in [-0.3, -0.25) is 9.48 Å². The highest BCUT2D eigenvalue weighted by Gasteiger charge is 2.13. The van der Waals surface area contributed by atoms with Crippen LogP contribution >= 0.6 is 11.6 Å². The van der Waals surface area contributed by atoms with Crippen LogP contribution in [0.4, 0.5) is 5.82 Å². The summed E-state index contributed by atoms with van der Waals surface area (Å²) in [4.78, 5) is 12.4. The van der Waals surface area contributed by atoms with Crippen LogP contribution in [-0.2, 0) is 13.2 Å². The van der Waals surface area contributed by atoms with Crippen molar-refractivity contribution in [1.29, 1.82) is 0 Å². The van der Waals surface area contributed by atoms with Crippen LogP contribution in [0.5, 0.6) is 5.75 Å². The number of hydrogen-bond acceptors (Lipinski definition) is 4. The van der Waals surface area contributed by atoms with Crippen LogP contribution in [0.2, 0.25) is 5.02 Å². The number of aromatic nitrogens is 2. The fourth-order valence-corrected chi connectivity index (χ4v) is 3.04. The van der Waals surface area contributed by atoms with Crippen LogP contribution in [0.3, 0.4) is 0 Å². The lowest BCUT2D eigenvalue weighted by Crippen LogP contribution is -2.12. The number of ether oxygens (including phenoxy) is 1. The maximum atomic E-state index is 12.4. The lowest BCUT2D eigenvalue weighted by atomic mass is 10.1. The summed E-state index contributed by atoms with van der Waals surface area (Å²) < 4.78 is 13.0. The van der Waals surface area contributed by atoms with Gasteiger partial charge in [0, 0.05) is 17.3 Å². The first kappa shape index (κ1) is 19.8. The molecule has 0 aliphatic carbocycles. The summed E-state index contributed by atoms with van der Waals surface area (Å²) in [6.07, 6.45) is 1.82. The number of nitrogens with zero attached hydrogens (tertiary/aromatic N) is 2. The van der Waals surface area contributed by atoms with Gasteiger partial charge in [0.2, 0.25) is 0 Å². The molecule has 1 N–H and O–H groups in total. The number of furan rings is 1. The molecule has 152 valence electrons. The molecule has 0 spiro atoms. The molecule has 2 aromatic heterocycles. The van der Waals surface area contributed by atoms with E-state index in [4.69, 9.17) is 20.8 Å². The highest BCUT2D eigenvalue weighted by Crippen LogP contribution is 2.19. The first-order chi connectivity index (χ1) is 14.5. The van der Waals surface area contributed by atoms with E-state index in [1.54, 1.807) is 47.1 Å². The van der Waals surface area contributed by atoms with Gasteiger partial charge in [-0.05, 0) is 42.8 Å². The second kappa shape index (κ2) is 8.88. The average Bonchev–Trinajstić information content (AvgIpc) is 3.38. The molecule has 6 nitrogen and oxygen atoms in total. The molecule has 2 aromatic carbocycles. The van der Waals surface area contributed by atoms with Crippen LogP contribution in [0.15, 0.2) is 77.3 Å². The van der Waals surface area contributed by atoms with Crippen molar-refractivity contribution < 1.29 is 13.9 Å². The van der Waals surface area contributed by atoms with E-state index < -0.39 is 0 Å². The number of hydrogen-bond donors (Lipinski definition) is 1. The maximum absolute atomic E-state index is 12.4. The highest BCUT2D eigenvalue weighted by atomic mass is 35.5. The zero-order valence-electron chi connectivity index (χ0n) is 16.3. The quantitative estimate of drug-likeness (QED) is 0.438. The number of carbonyl (C=O) groups is 1. The third kappa shape index (κ3) is 5.10. The number of nitrogens with one attached hydrogen (secondary N) is 1. The molecule has 0 saturated carbocycles. The zero-order valence-corrected chi connectivity index (χ0v) is 17.1. The van der Waals surface area contributed by atoms with Gasteiger partial charge in [0.1, 0.15) is 18.1 Å². The Bertz CT molecular complexity index is 1150. The number of anilines is 1. The Hall–Kier alpha value is -3.51. The van der Waals surface area contributed by atoms with Crippen LogP contribution in [0, 0.1) is 6.92 Å². The van der Waals surface area contributed by atoms with Crippen molar-refractivity contribution in [2.75, 3.05) is 5.32 Å². The average molecular weight is 422 g/mol. The summed E-state index contributed by atoms with van der Waals surface area (Å²) >= 11 is 5.94. The molecule has 30 heavy (non-hydrogen) atoms. The molecule has 0 bridgehead atoms. The Labute approximate surface area is 179 Å². The molecule has 0 aliphatic heterocycles. The van der Waals surface area contributed by atoms with Gasteiger partial charge in [-0.15, -0.1) is 0 Å². The number of amides is 1. The minimum atomic E-state index is -0.371. The molecule has 4 aromatic rings. The lowest BCUT2D eigenvalue weighted by Gasteiger charge is -2.04. The second-order valence-corrected chi connectivity index (χ2v) is 7.29. The third-order valence-corrected chi connectivity index (χ3v) is 4.65. The van der Waals surface area contributed by atoms with Crippen LogP contribution in [0.25, 0.3) is 0 Å². The van der Waals surface area contributed by atoms with E-state index in [-0.39, 0.29) is 18.3 Å². The van der Waals surface area contributed by atoms with Crippen LogP contribution in [-0.4, -0.2) is 15.7 Å². The minimum Gasteiger partial charge on any atom is -0.486 e. The normalized spacial score (nSPS) is 10.7. The van der Waals surface area contributed by atoms with Crippen molar-refractivity contribution >= 4 is 23.3 Å². The van der Waals surface area contributed by atoms with Gasteiger partial charge in [-0.1, -0.05) is 47.5 Å². The number of benzene rings is 2. The molecule has 1 amide bonds. The summed E-state index contributed by atoms with van der Waals surface area (Å²) in [7, 11) is 0. The van der Waals surface area contributed by atoms with Crippen molar-refractivity contribution in [1.82, 2.24) is 9.78 Å². The number of aryl methyl sites for hydroxylation is 1. The Morgan fingerprint density at radius 1 is 1.13 bits per heavy atom. The van der Waals surface area contributed by atoms with Gasteiger partial charge in [-0.25, -0.2) is 0 Å². The van der Waals surface area contributed by atoms with Gasteiger partial charge < -0.3 is 14.5 Å². The number of rotatable bonds is 7. The Morgan fingerprint density at radius 3 is 2.77 bits per heavy atom. The van der Waals surface area contributed by atoms with E-state index in [1.165, 1.54) is 5.56 Å². The largest absolute Gasteiger partial charge is 0.486 e. The van der Waals surface area contributed by atoms with Gasteiger partial charge >= 0.3 is 0 Å². The van der Waals surface area contributed by atoms with E-state index >= 15 is 0 Å². The molecule has 0 fully saturated rings. The van der Waals surface area contributed by atoms with Crippen molar-refractivity contribution in [3.63, 3.8) is 0 Å². The standard InChI is InChI=1S/C23H20ClN3O3/c1-16-5-7-17(8-6-16)14-27-12-11-22(26-27)25-23(28)21-10-9-20(30-21)15-29-19-4-2-3-18(24)13-19/h2-13H,14-15H2,1H3,(H,25,26,28). The first-order valence-electron chi connectivity index (χ1n) is 9.42. The molecular weight excluding hydrogens is 402 g/mol. The molecular formula is C23H20ClN3O3. The Morgan fingerprint density at radius 2 is 1.97 bits per heavy atom. The SMILES string of the molecule is Cc1ccc(Cn2ccc(NC(=O)c3ccc(COc4cccc(Cl)c4)o3)n2)cc1. The highest BCUT2D eigenvalue weighted by molar-refractivity contribution is 6.30. The monoisotopic (exact) mass is 421 g/mol. The maximum Gasteiger partial charge on any atom is 0.292 e. The first-order valence-corrected chi connectivity index (χ1v) is 9.80. The van der Waals surface area contributed by atoms with Gasteiger partial charge in [0.05, 0.1) is 6.54 Å². The predicted molar refractivity (Wildman–Crippen MR) is 115 cm³/mol. The van der Waals surface area contributed by atoms with Crippen molar-refractivity contribution in [2.45, 2.75) is 20.1 Å². The summed E-state index contributed by atoms with van der Waals surface area (Å²) in [6.45, 7) is 2.87. The Balaban J connectivity index is 1.33. The molecule has 0 radical (unpaired) electrons. The fraction of sp³-hybridized carbons (Fsp3) is 0.130. The lowest BCUT2D eigenvalue weighted by molar-refractivity contribution is 0.0992. The smallest absolute Gasteiger partial charge is 0.292 e. The summed E-state index contributed by atoms with van der Waals surface area (Å²) in [6, 6.07) is 20.4. The summed E-state index contributed by atoms with van der Waals surface area (Å²) in [5, 5.41) is 7.73. The predicted octanol–water partition coefficient (Wildman–Crippen LogP) is 5.32. The molecule has 0 atom stereocenters. The van der Waals surface area contributed by atoms with Crippen molar-refractivity contribution in [2.24, 2.45) is 0 Å². The van der Waals surface area contributed by atoms with Gasteiger partial charge in [-0.2, -0.15) is 5.10 Å². The Kier molecular flexibility index (Phi) is 5.86. The molecule has 7 heteroatoms. The number of carbonyl (C=O) groups excluding carboxylic acids is 1. The zero-order chi connectivity index (χ0) is 20.9. The third-order valence-electron chi connectivity index (χ3n) is 4.41. The topological polar surface area (TPSA) is 69.3 Å². The molecule has 4 rings (SSSR count). The van der Waals surface area contributed by atoms with Crippen molar-refractivity contribution in [3.8, 4) is 5.75 Å². The van der Waals surface area contributed by atoms with E-state index in [9.17, 15) is 4.79 Å². The molecule has 0 aliphatic rings. The number of halogens is 1. The summed E-state index contributed by atoms with van der Waals surface area (Å²) in [5.41, 5.74) is 2.35. The fourth-order valence-electron chi connectivity index (χ4n) is 2.86. The van der Waals surface area contributed by atoms with E-state index in [1.807, 2.05) is 6.20 Å². The van der Waals surface area contributed by atoms with Crippen LogP contribution < -0.4 is 10.1 Å². The minimum absolute atomic E-state index is 0.188. The summed E-state index contributed by atoms with van der Waals surface area (Å²) in [5.74, 6) is 1.44. The van der Waals surface area contributed by atoms with E-state index in [0.29, 0.717) is 28.9 Å². The van der Waals surface area contributed by atoms with Gasteiger partial charge in [0.15, 0.2) is 11.6 Å².